The van der Waals surface area contributed by atoms with Gasteiger partial charge in [0.2, 0.25) is 11.8 Å². The van der Waals surface area contributed by atoms with Crippen LogP contribution in [-0.2, 0) is 26.2 Å². The van der Waals surface area contributed by atoms with Crippen molar-refractivity contribution in [3.8, 4) is 0 Å². The van der Waals surface area contributed by atoms with Crippen molar-refractivity contribution in [3.05, 3.63) is 94.5 Å². The molecule has 1 atom stereocenters. The zero-order valence-corrected chi connectivity index (χ0v) is 24.5. The molecular weight excluding hydrogens is 566 g/mol. The van der Waals surface area contributed by atoms with E-state index >= 15 is 0 Å². The number of hydrogen-bond donors (Lipinski definition) is 1. The molecule has 1 N–H and O–H groups in total. The minimum atomic E-state index is -4.09. The first-order chi connectivity index (χ1) is 18.0. The molecule has 0 aliphatic heterocycles. The number of nitrogens with zero attached hydrogens (tertiary/aromatic N) is 2. The Morgan fingerprint density at radius 3 is 2.08 bits per heavy atom. The van der Waals surface area contributed by atoms with Crippen LogP contribution in [0.25, 0.3) is 0 Å². The number of halogens is 1. The predicted octanol–water partition coefficient (Wildman–Crippen LogP) is 5.28. The molecule has 9 heteroatoms. The van der Waals surface area contributed by atoms with Gasteiger partial charge in [0.05, 0.1) is 10.6 Å². The highest BCUT2D eigenvalue weighted by atomic mass is 79.9. The first-order valence-electron chi connectivity index (χ1n) is 12.5. The van der Waals surface area contributed by atoms with E-state index in [1.165, 1.54) is 17.0 Å². The highest BCUT2D eigenvalue weighted by Gasteiger charge is 2.33. The highest BCUT2D eigenvalue weighted by Crippen LogP contribution is 2.26. The van der Waals surface area contributed by atoms with E-state index in [0.717, 1.165) is 19.9 Å². The summed E-state index contributed by atoms with van der Waals surface area (Å²) in [7, 11) is -4.09. The Labute approximate surface area is 234 Å². The van der Waals surface area contributed by atoms with Gasteiger partial charge in [-0.3, -0.25) is 13.9 Å². The molecule has 0 fully saturated rings. The van der Waals surface area contributed by atoms with Crippen LogP contribution in [0.4, 0.5) is 5.69 Å². The van der Waals surface area contributed by atoms with Crippen molar-refractivity contribution >= 4 is 43.5 Å². The molecule has 0 aliphatic rings. The number of anilines is 1. The Hall–Kier alpha value is -3.17. The van der Waals surface area contributed by atoms with Crippen molar-refractivity contribution in [2.75, 3.05) is 10.8 Å². The van der Waals surface area contributed by atoms with E-state index in [9.17, 15) is 18.0 Å². The fourth-order valence-electron chi connectivity index (χ4n) is 4.05. The lowest BCUT2D eigenvalue weighted by molar-refractivity contribution is -0.140. The zero-order valence-electron chi connectivity index (χ0n) is 22.1. The summed E-state index contributed by atoms with van der Waals surface area (Å²) in [6.07, 6.45) is 0.375. The van der Waals surface area contributed by atoms with Crippen molar-refractivity contribution in [1.82, 2.24) is 10.2 Å². The van der Waals surface area contributed by atoms with E-state index in [1.54, 1.807) is 36.4 Å². The number of amides is 2. The summed E-state index contributed by atoms with van der Waals surface area (Å²) in [4.78, 5) is 28.6. The van der Waals surface area contributed by atoms with Gasteiger partial charge in [-0.1, -0.05) is 70.9 Å². The molecule has 0 heterocycles. The zero-order chi connectivity index (χ0) is 27.9. The monoisotopic (exact) mass is 599 g/mol. The first-order valence-corrected chi connectivity index (χ1v) is 14.7. The van der Waals surface area contributed by atoms with E-state index in [4.69, 9.17) is 0 Å². The van der Waals surface area contributed by atoms with Crippen LogP contribution < -0.4 is 9.62 Å². The van der Waals surface area contributed by atoms with E-state index in [0.29, 0.717) is 12.1 Å². The van der Waals surface area contributed by atoms with Gasteiger partial charge < -0.3 is 10.2 Å². The molecule has 3 rings (SSSR count). The summed E-state index contributed by atoms with van der Waals surface area (Å²) in [5.41, 5.74) is 2.11. The number of nitrogens with one attached hydrogen (secondary N) is 1. The number of benzene rings is 3. The summed E-state index contributed by atoms with van der Waals surface area (Å²) in [6, 6.07) is 21.8. The van der Waals surface area contributed by atoms with Crippen LogP contribution in [-0.4, -0.2) is 43.8 Å². The van der Waals surface area contributed by atoms with Gasteiger partial charge in [-0.2, -0.15) is 0 Å². The molecule has 0 aliphatic carbocycles. The van der Waals surface area contributed by atoms with Gasteiger partial charge in [-0.05, 0) is 69.2 Å². The van der Waals surface area contributed by atoms with Crippen molar-refractivity contribution in [2.24, 2.45) is 0 Å². The maximum atomic E-state index is 14.0. The largest absolute Gasteiger partial charge is 0.352 e. The topological polar surface area (TPSA) is 86.8 Å². The Morgan fingerprint density at radius 1 is 0.921 bits per heavy atom. The Kier molecular flexibility index (Phi) is 10.1. The van der Waals surface area contributed by atoms with Gasteiger partial charge >= 0.3 is 0 Å². The van der Waals surface area contributed by atoms with Crippen LogP contribution in [0.2, 0.25) is 0 Å². The fourth-order valence-corrected chi connectivity index (χ4v) is 5.73. The molecule has 7 nitrogen and oxygen atoms in total. The number of hydrogen-bond acceptors (Lipinski definition) is 4. The smallest absolute Gasteiger partial charge is 0.264 e. The van der Waals surface area contributed by atoms with Gasteiger partial charge in [0, 0.05) is 17.1 Å². The second kappa shape index (κ2) is 13.1. The summed E-state index contributed by atoms with van der Waals surface area (Å²) >= 11 is 3.39. The first kappa shape index (κ1) is 29.4. The predicted molar refractivity (Wildman–Crippen MR) is 154 cm³/mol. The molecule has 3 aromatic rings. The quantitative estimate of drug-likeness (QED) is 0.324. The molecule has 0 saturated carbocycles. The fraction of sp³-hybridized carbons (Fsp3) is 0.310. The average molecular weight is 601 g/mol. The van der Waals surface area contributed by atoms with E-state index in [1.807, 2.05) is 58.0 Å². The van der Waals surface area contributed by atoms with Crippen LogP contribution >= 0.6 is 15.9 Å². The van der Waals surface area contributed by atoms with Crippen molar-refractivity contribution in [1.29, 1.82) is 0 Å². The molecular formula is C29H34BrN3O4S. The number of carbonyl (C=O) groups excluding carboxylic acids is 2. The Balaban J connectivity index is 2.04. The third-order valence-electron chi connectivity index (χ3n) is 6.02. The summed E-state index contributed by atoms with van der Waals surface area (Å²) in [6.45, 7) is 7.14. The van der Waals surface area contributed by atoms with Gasteiger partial charge in [0.25, 0.3) is 10.0 Å². The van der Waals surface area contributed by atoms with Crippen LogP contribution in [0.5, 0.6) is 0 Å². The second-order valence-corrected chi connectivity index (χ2v) is 12.2. The SMILES string of the molecule is CC[C@H](C(=O)NC(C)C)N(Cc1ccccc1)C(=O)CN(c1ccc(Br)cc1)S(=O)(=O)c1ccc(C)cc1. The van der Waals surface area contributed by atoms with Crippen molar-refractivity contribution < 1.29 is 18.0 Å². The van der Waals surface area contributed by atoms with Gasteiger partial charge in [-0.25, -0.2) is 8.42 Å². The maximum absolute atomic E-state index is 14.0. The van der Waals surface area contributed by atoms with E-state index < -0.39 is 28.5 Å². The van der Waals surface area contributed by atoms with Crippen molar-refractivity contribution in [3.63, 3.8) is 0 Å². The minimum Gasteiger partial charge on any atom is -0.352 e. The van der Waals surface area contributed by atoms with Crippen LogP contribution in [0.1, 0.15) is 38.3 Å². The standard InChI is InChI=1S/C29H34BrN3O4S/c1-5-27(29(35)31-21(2)3)32(19-23-9-7-6-8-10-23)28(34)20-33(25-15-13-24(30)14-16-25)38(36,37)26-17-11-22(4)12-18-26/h6-18,21,27H,5,19-20H2,1-4H3,(H,31,35)/t27-/m1/s1. The second-order valence-electron chi connectivity index (χ2n) is 9.40. The number of sulfonamides is 1. The number of carbonyl (C=O) groups is 2. The third kappa shape index (κ3) is 7.45. The maximum Gasteiger partial charge on any atom is 0.264 e. The summed E-state index contributed by atoms with van der Waals surface area (Å²) < 4.78 is 29.5. The molecule has 0 saturated heterocycles. The highest BCUT2D eigenvalue weighted by molar-refractivity contribution is 9.10. The van der Waals surface area contributed by atoms with Crippen molar-refractivity contribution in [2.45, 2.75) is 57.6 Å². The Bertz CT molecular complexity index is 1330. The number of aryl methyl sites for hydroxylation is 1. The molecule has 0 spiro atoms. The molecule has 38 heavy (non-hydrogen) atoms. The molecule has 0 radical (unpaired) electrons. The van der Waals surface area contributed by atoms with E-state index in [-0.39, 0.29) is 23.4 Å². The lowest BCUT2D eigenvalue weighted by atomic mass is 10.1. The third-order valence-corrected chi connectivity index (χ3v) is 8.33. The summed E-state index contributed by atoms with van der Waals surface area (Å²) in [5.74, 6) is -0.749. The summed E-state index contributed by atoms with van der Waals surface area (Å²) in [5, 5.41) is 2.90. The van der Waals surface area contributed by atoms with Crippen LogP contribution in [0.15, 0.2) is 88.2 Å². The molecule has 0 bridgehead atoms. The molecule has 202 valence electrons. The molecule has 0 unspecified atom stereocenters. The van der Waals surface area contributed by atoms with Gasteiger partial charge in [0.15, 0.2) is 0 Å². The molecule has 3 aromatic carbocycles. The van der Waals surface area contributed by atoms with Gasteiger partial charge in [-0.15, -0.1) is 0 Å². The average Bonchev–Trinajstić information content (AvgIpc) is 2.88. The van der Waals surface area contributed by atoms with Crippen LogP contribution in [0, 0.1) is 6.92 Å². The lowest BCUT2D eigenvalue weighted by Gasteiger charge is -2.33. The van der Waals surface area contributed by atoms with E-state index in [2.05, 4.69) is 21.2 Å². The minimum absolute atomic E-state index is 0.0815. The lowest BCUT2D eigenvalue weighted by Crippen LogP contribution is -2.53. The molecule has 0 aromatic heterocycles. The Morgan fingerprint density at radius 2 is 1.53 bits per heavy atom. The van der Waals surface area contributed by atoms with Crippen LogP contribution in [0.3, 0.4) is 0 Å². The number of rotatable bonds is 11. The normalized spacial score (nSPS) is 12.2. The van der Waals surface area contributed by atoms with Gasteiger partial charge in [0.1, 0.15) is 12.6 Å². The molecule has 2 amide bonds.